The third kappa shape index (κ3) is 4.35. The molecule has 98 valence electrons. The van der Waals surface area contributed by atoms with Crippen LogP contribution in [-0.4, -0.2) is 30.7 Å². The van der Waals surface area contributed by atoms with Gasteiger partial charge in [0.1, 0.15) is 0 Å². The third-order valence-electron chi connectivity index (χ3n) is 2.24. The van der Waals surface area contributed by atoms with Crippen molar-refractivity contribution in [2.75, 3.05) is 19.0 Å². The fraction of sp³-hybridized carbons (Fsp3) is 0.333. The fourth-order valence-corrected chi connectivity index (χ4v) is 1.57. The van der Waals surface area contributed by atoms with E-state index in [0.29, 0.717) is 18.1 Å². The molecule has 1 rings (SSSR count). The molecule has 0 aliphatic heterocycles. The van der Waals surface area contributed by atoms with E-state index < -0.39 is 5.97 Å². The number of rotatable bonds is 6. The molecule has 0 spiro atoms. The van der Waals surface area contributed by atoms with Crippen LogP contribution in [0.2, 0.25) is 5.02 Å². The van der Waals surface area contributed by atoms with Crippen LogP contribution in [0, 0.1) is 0 Å². The number of anilines is 1. The number of halogens is 1. The molecule has 5 nitrogen and oxygen atoms in total. The molecule has 0 aromatic heterocycles. The van der Waals surface area contributed by atoms with Gasteiger partial charge in [-0.1, -0.05) is 11.6 Å². The van der Waals surface area contributed by atoms with E-state index in [2.05, 4.69) is 5.32 Å². The Kier molecular flexibility index (Phi) is 5.61. The zero-order chi connectivity index (χ0) is 13.5. The van der Waals surface area contributed by atoms with Gasteiger partial charge in [-0.05, 0) is 24.6 Å². The first-order valence-electron chi connectivity index (χ1n) is 5.36. The largest absolute Gasteiger partial charge is 0.478 e. The lowest BCUT2D eigenvalue weighted by Crippen LogP contribution is -2.15. The molecule has 0 aliphatic carbocycles. The molecule has 0 heterocycles. The van der Waals surface area contributed by atoms with Crippen LogP contribution < -0.4 is 5.32 Å². The lowest BCUT2D eigenvalue weighted by atomic mass is 10.1. The molecule has 18 heavy (non-hydrogen) atoms. The highest BCUT2D eigenvalue weighted by molar-refractivity contribution is 6.31. The van der Waals surface area contributed by atoms with Gasteiger partial charge >= 0.3 is 5.97 Å². The van der Waals surface area contributed by atoms with Gasteiger partial charge in [-0.25, -0.2) is 4.79 Å². The zero-order valence-corrected chi connectivity index (χ0v) is 10.7. The summed E-state index contributed by atoms with van der Waals surface area (Å²) in [6.07, 6.45) is 0.838. The number of carbonyl (C=O) groups is 2. The zero-order valence-electron chi connectivity index (χ0n) is 9.90. The van der Waals surface area contributed by atoms with Gasteiger partial charge in [0.2, 0.25) is 5.91 Å². The molecule has 1 amide bonds. The molecular weight excluding hydrogens is 258 g/mol. The van der Waals surface area contributed by atoms with Crippen molar-refractivity contribution in [3.63, 3.8) is 0 Å². The quantitative estimate of drug-likeness (QED) is 0.779. The van der Waals surface area contributed by atoms with Gasteiger partial charge in [0.25, 0.3) is 0 Å². The van der Waals surface area contributed by atoms with Crippen molar-refractivity contribution in [2.45, 2.75) is 12.8 Å². The van der Waals surface area contributed by atoms with Gasteiger partial charge in [0, 0.05) is 25.2 Å². The van der Waals surface area contributed by atoms with Crippen LogP contribution in [0.5, 0.6) is 0 Å². The highest BCUT2D eigenvalue weighted by Crippen LogP contribution is 2.21. The first kappa shape index (κ1) is 14.5. The van der Waals surface area contributed by atoms with E-state index in [0.717, 1.165) is 0 Å². The maximum atomic E-state index is 11.6. The second-order valence-corrected chi connectivity index (χ2v) is 4.08. The molecule has 0 saturated carbocycles. The van der Waals surface area contributed by atoms with Crippen molar-refractivity contribution in [2.24, 2.45) is 0 Å². The molecule has 0 unspecified atom stereocenters. The molecule has 6 heteroatoms. The molecule has 1 aromatic rings. The number of carboxylic acid groups (broad SMARTS) is 1. The molecule has 0 saturated heterocycles. The Bertz CT molecular complexity index is 448. The first-order chi connectivity index (χ1) is 8.54. The maximum Gasteiger partial charge on any atom is 0.337 e. The highest BCUT2D eigenvalue weighted by atomic mass is 35.5. The molecule has 2 N–H and O–H groups in total. The number of nitrogens with one attached hydrogen (secondary N) is 1. The summed E-state index contributed by atoms with van der Waals surface area (Å²) < 4.78 is 4.83. The molecule has 0 bridgehead atoms. The number of hydrogen-bond donors (Lipinski definition) is 2. The number of carboxylic acids is 1. The van der Waals surface area contributed by atoms with Crippen molar-refractivity contribution in [1.29, 1.82) is 0 Å². The number of methoxy groups -OCH3 is 1. The van der Waals surface area contributed by atoms with Crippen molar-refractivity contribution in [1.82, 2.24) is 0 Å². The second kappa shape index (κ2) is 6.98. The Labute approximate surface area is 110 Å². The molecule has 0 atom stereocenters. The van der Waals surface area contributed by atoms with Gasteiger partial charge in [-0.15, -0.1) is 0 Å². The fourth-order valence-electron chi connectivity index (χ4n) is 1.40. The van der Waals surface area contributed by atoms with E-state index in [9.17, 15) is 9.59 Å². The SMILES string of the molecule is COCCCC(=O)Nc1cc(Cl)ccc1C(=O)O. The number of hydrogen-bond acceptors (Lipinski definition) is 3. The van der Waals surface area contributed by atoms with Crippen molar-refractivity contribution >= 4 is 29.2 Å². The number of carbonyl (C=O) groups excluding carboxylic acids is 1. The summed E-state index contributed by atoms with van der Waals surface area (Å²) in [4.78, 5) is 22.5. The van der Waals surface area contributed by atoms with Gasteiger partial charge < -0.3 is 15.2 Å². The predicted octanol–water partition coefficient (Wildman–Crippen LogP) is 2.40. The second-order valence-electron chi connectivity index (χ2n) is 3.64. The van der Waals surface area contributed by atoms with E-state index in [1.54, 1.807) is 7.11 Å². The smallest absolute Gasteiger partial charge is 0.337 e. The van der Waals surface area contributed by atoms with E-state index in [-0.39, 0.29) is 23.6 Å². The van der Waals surface area contributed by atoms with Gasteiger partial charge in [-0.2, -0.15) is 0 Å². The molecule has 0 radical (unpaired) electrons. The lowest BCUT2D eigenvalue weighted by molar-refractivity contribution is -0.116. The topological polar surface area (TPSA) is 75.6 Å². The van der Waals surface area contributed by atoms with E-state index in [1.807, 2.05) is 0 Å². The maximum absolute atomic E-state index is 11.6. The third-order valence-corrected chi connectivity index (χ3v) is 2.47. The number of benzene rings is 1. The molecule has 0 fully saturated rings. The molecular formula is C12H14ClNO4. The van der Waals surface area contributed by atoms with Crippen molar-refractivity contribution in [3.05, 3.63) is 28.8 Å². The van der Waals surface area contributed by atoms with Crippen LogP contribution in [-0.2, 0) is 9.53 Å². The summed E-state index contributed by atoms with van der Waals surface area (Å²) in [7, 11) is 1.55. The average Bonchev–Trinajstić information content (AvgIpc) is 2.29. The number of aromatic carboxylic acids is 1. The summed E-state index contributed by atoms with van der Waals surface area (Å²) in [5.74, 6) is -1.38. The minimum absolute atomic E-state index is 0.0134. The van der Waals surface area contributed by atoms with Gasteiger partial charge in [-0.3, -0.25) is 4.79 Å². The van der Waals surface area contributed by atoms with E-state index >= 15 is 0 Å². The van der Waals surface area contributed by atoms with Crippen LogP contribution in [0.25, 0.3) is 0 Å². The summed E-state index contributed by atoms with van der Waals surface area (Å²) in [6.45, 7) is 0.481. The Morgan fingerprint density at radius 3 is 2.78 bits per heavy atom. The summed E-state index contributed by atoms with van der Waals surface area (Å²) in [5.41, 5.74) is 0.219. The highest BCUT2D eigenvalue weighted by Gasteiger charge is 2.12. The van der Waals surface area contributed by atoms with Crippen molar-refractivity contribution in [3.8, 4) is 0 Å². The van der Waals surface area contributed by atoms with E-state index in [4.69, 9.17) is 21.4 Å². The van der Waals surface area contributed by atoms with E-state index in [1.165, 1.54) is 18.2 Å². The Morgan fingerprint density at radius 2 is 2.17 bits per heavy atom. The Hall–Kier alpha value is -1.59. The lowest BCUT2D eigenvalue weighted by Gasteiger charge is -2.08. The van der Waals surface area contributed by atoms with Gasteiger partial charge in [0.05, 0.1) is 11.3 Å². The monoisotopic (exact) mass is 271 g/mol. The molecule has 0 aliphatic rings. The van der Waals surface area contributed by atoms with Crippen LogP contribution in [0.15, 0.2) is 18.2 Å². The average molecular weight is 272 g/mol. The Balaban J connectivity index is 2.73. The van der Waals surface area contributed by atoms with Crippen LogP contribution in [0.1, 0.15) is 23.2 Å². The van der Waals surface area contributed by atoms with Crippen molar-refractivity contribution < 1.29 is 19.4 Å². The van der Waals surface area contributed by atoms with Crippen LogP contribution in [0.3, 0.4) is 0 Å². The molecule has 1 aromatic carbocycles. The number of amides is 1. The van der Waals surface area contributed by atoms with Crippen LogP contribution in [0.4, 0.5) is 5.69 Å². The normalized spacial score (nSPS) is 10.1. The first-order valence-corrected chi connectivity index (χ1v) is 5.74. The predicted molar refractivity (Wildman–Crippen MR) is 68.2 cm³/mol. The summed E-state index contributed by atoms with van der Waals surface area (Å²) in [6, 6.07) is 4.24. The summed E-state index contributed by atoms with van der Waals surface area (Å²) >= 11 is 5.77. The van der Waals surface area contributed by atoms with Crippen LogP contribution >= 0.6 is 11.6 Å². The standard InChI is InChI=1S/C12H14ClNO4/c1-18-6-2-3-11(15)14-10-7-8(13)4-5-9(10)12(16)17/h4-5,7H,2-3,6H2,1H3,(H,14,15)(H,16,17). The number of ether oxygens (including phenoxy) is 1. The Morgan fingerprint density at radius 1 is 1.44 bits per heavy atom. The summed E-state index contributed by atoms with van der Waals surface area (Å²) in [5, 5.41) is 11.9. The van der Waals surface area contributed by atoms with Gasteiger partial charge in [0.15, 0.2) is 0 Å². The minimum Gasteiger partial charge on any atom is -0.478 e. The minimum atomic E-state index is -1.11.